The van der Waals surface area contributed by atoms with E-state index < -0.39 is 0 Å². The van der Waals surface area contributed by atoms with Crippen LogP contribution in [0, 0.1) is 11.8 Å². The minimum Gasteiger partial charge on any atom is -0.467 e. The smallest absolute Gasteiger partial charge is 0.293 e. The third kappa shape index (κ3) is 5.58. The Balaban J connectivity index is 3.57. The van der Waals surface area contributed by atoms with Crippen LogP contribution in [0.25, 0.3) is 0 Å². The molecule has 0 spiro atoms. The number of hydrogen-bond donors (Lipinski definition) is 0. The van der Waals surface area contributed by atoms with Crippen LogP contribution >= 0.6 is 0 Å². The highest BCUT2D eigenvalue weighted by Crippen LogP contribution is 2.08. The molecule has 0 saturated heterocycles. The minimum absolute atomic E-state index is 0.139. The first kappa shape index (κ1) is 10.1. The Labute approximate surface area is 66.7 Å². The molecule has 0 rings (SSSR count). The molecule has 1 atom stereocenters. The SMILES string of the molecule is CC(C)CC(C=O)COC=O. The van der Waals surface area contributed by atoms with Crippen molar-refractivity contribution in [3.63, 3.8) is 0 Å². The van der Waals surface area contributed by atoms with Gasteiger partial charge in [0.2, 0.25) is 0 Å². The van der Waals surface area contributed by atoms with Crippen molar-refractivity contribution >= 4 is 12.8 Å². The van der Waals surface area contributed by atoms with Gasteiger partial charge in [0, 0.05) is 5.92 Å². The first-order valence-corrected chi connectivity index (χ1v) is 3.71. The van der Waals surface area contributed by atoms with E-state index in [4.69, 9.17) is 0 Å². The second-order valence-electron chi connectivity index (χ2n) is 2.96. The van der Waals surface area contributed by atoms with E-state index in [-0.39, 0.29) is 12.5 Å². The molecule has 0 aliphatic heterocycles. The molecule has 0 N–H and O–H groups in total. The van der Waals surface area contributed by atoms with Gasteiger partial charge in [-0.3, -0.25) is 4.79 Å². The van der Waals surface area contributed by atoms with Gasteiger partial charge in [0.05, 0.1) is 0 Å². The summed E-state index contributed by atoms with van der Waals surface area (Å²) < 4.78 is 4.48. The quantitative estimate of drug-likeness (QED) is 0.542. The van der Waals surface area contributed by atoms with Crippen LogP contribution in [0.5, 0.6) is 0 Å². The number of aldehydes is 1. The number of hydrogen-bond acceptors (Lipinski definition) is 3. The molecule has 3 heteroatoms. The van der Waals surface area contributed by atoms with Crippen LogP contribution in [-0.2, 0) is 14.3 Å². The van der Waals surface area contributed by atoms with Crippen LogP contribution in [0.15, 0.2) is 0 Å². The average molecular weight is 158 g/mol. The Morgan fingerprint density at radius 2 is 2.00 bits per heavy atom. The van der Waals surface area contributed by atoms with Crippen LogP contribution in [0.2, 0.25) is 0 Å². The molecular formula is C8H14O3. The average Bonchev–Trinajstić information content (AvgIpc) is 1.97. The summed E-state index contributed by atoms with van der Waals surface area (Å²) in [6.45, 7) is 4.64. The van der Waals surface area contributed by atoms with Crippen LogP contribution in [0.3, 0.4) is 0 Å². The number of rotatable bonds is 6. The normalized spacial score (nSPS) is 12.6. The highest BCUT2D eigenvalue weighted by molar-refractivity contribution is 5.54. The molecule has 0 aromatic rings. The third-order valence-electron chi connectivity index (χ3n) is 1.34. The molecule has 3 nitrogen and oxygen atoms in total. The van der Waals surface area contributed by atoms with E-state index in [1.807, 2.05) is 13.8 Å². The van der Waals surface area contributed by atoms with Crippen LogP contribution in [0.1, 0.15) is 20.3 Å². The zero-order chi connectivity index (χ0) is 8.69. The molecular weight excluding hydrogens is 144 g/mol. The van der Waals surface area contributed by atoms with Crippen molar-refractivity contribution in [2.45, 2.75) is 20.3 Å². The summed E-state index contributed by atoms with van der Waals surface area (Å²) in [5, 5.41) is 0. The third-order valence-corrected chi connectivity index (χ3v) is 1.34. The fourth-order valence-corrected chi connectivity index (χ4v) is 0.931. The van der Waals surface area contributed by atoms with Gasteiger partial charge in [-0.2, -0.15) is 0 Å². The van der Waals surface area contributed by atoms with Gasteiger partial charge in [-0.1, -0.05) is 13.8 Å². The predicted octanol–water partition coefficient (Wildman–Crippen LogP) is 1.02. The van der Waals surface area contributed by atoms with Crippen molar-refractivity contribution in [2.75, 3.05) is 6.61 Å². The molecule has 0 heterocycles. The van der Waals surface area contributed by atoms with E-state index in [1.165, 1.54) is 0 Å². The Hall–Kier alpha value is -0.860. The first-order valence-electron chi connectivity index (χ1n) is 3.71. The van der Waals surface area contributed by atoms with Crippen LogP contribution in [0.4, 0.5) is 0 Å². The van der Waals surface area contributed by atoms with Crippen molar-refractivity contribution in [3.05, 3.63) is 0 Å². The lowest BCUT2D eigenvalue weighted by Crippen LogP contribution is -2.12. The summed E-state index contributed by atoms with van der Waals surface area (Å²) in [6, 6.07) is 0. The Morgan fingerprint density at radius 1 is 1.36 bits per heavy atom. The molecule has 0 bridgehead atoms. The van der Waals surface area contributed by atoms with Crippen molar-refractivity contribution in [1.29, 1.82) is 0 Å². The Morgan fingerprint density at radius 3 is 2.36 bits per heavy atom. The summed E-state index contributed by atoms with van der Waals surface area (Å²) in [5.41, 5.74) is 0. The number of carbonyl (C=O) groups is 2. The summed E-state index contributed by atoms with van der Waals surface area (Å²) in [7, 11) is 0. The van der Waals surface area contributed by atoms with Crippen molar-refractivity contribution in [2.24, 2.45) is 11.8 Å². The Kier molecular flexibility index (Phi) is 5.43. The van der Waals surface area contributed by atoms with E-state index in [0.29, 0.717) is 12.4 Å². The lowest BCUT2D eigenvalue weighted by molar-refractivity contribution is -0.131. The maximum absolute atomic E-state index is 10.4. The highest BCUT2D eigenvalue weighted by atomic mass is 16.5. The van der Waals surface area contributed by atoms with E-state index in [2.05, 4.69) is 4.74 Å². The van der Waals surface area contributed by atoms with Gasteiger partial charge in [-0.25, -0.2) is 0 Å². The van der Waals surface area contributed by atoms with Gasteiger partial charge in [0.15, 0.2) is 0 Å². The van der Waals surface area contributed by atoms with E-state index >= 15 is 0 Å². The first-order chi connectivity index (χ1) is 5.20. The number of carbonyl (C=O) groups excluding carboxylic acids is 2. The van der Waals surface area contributed by atoms with Gasteiger partial charge in [-0.05, 0) is 12.3 Å². The summed E-state index contributed by atoms with van der Waals surface area (Å²) >= 11 is 0. The molecule has 0 fully saturated rings. The molecule has 0 radical (unpaired) electrons. The lowest BCUT2D eigenvalue weighted by atomic mass is 9.99. The fourth-order valence-electron chi connectivity index (χ4n) is 0.931. The number of ether oxygens (including phenoxy) is 1. The van der Waals surface area contributed by atoms with Crippen molar-refractivity contribution in [1.82, 2.24) is 0 Å². The molecule has 0 saturated carbocycles. The molecule has 0 aromatic heterocycles. The van der Waals surface area contributed by atoms with Gasteiger partial charge >= 0.3 is 0 Å². The molecule has 11 heavy (non-hydrogen) atoms. The second kappa shape index (κ2) is 5.89. The second-order valence-corrected chi connectivity index (χ2v) is 2.96. The summed E-state index contributed by atoms with van der Waals surface area (Å²) in [6.07, 6.45) is 1.61. The van der Waals surface area contributed by atoms with E-state index in [9.17, 15) is 9.59 Å². The molecule has 0 amide bonds. The molecule has 0 aromatic carbocycles. The molecule has 0 aliphatic carbocycles. The van der Waals surface area contributed by atoms with Crippen molar-refractivity contribution < 1.29 is 14.3 Å². The van der Waals surface area contributed by atoms with Gasteiger partial charge in [-0.15, -0.1) is 0 Å². The van der Waals surface area contributed by atoms with Crippen LogP contribution in [-0.4, -0.2) is 19.4 Å². The van der Waals surface area contributed by atoms with Crippen molar-refractivity contribution in [3.8, 4) is 0 Å². The van der Waals surface area contributed by atoms with Gasteiger partial charge in [0.1, 0.15) is 12.9 Å². The molecule has 64 valence electrons. The molecule has 1 unspecified atom stereocenters. The standard InChI is InChI=1S/C8H14O3/c1-7(2)3-8(4-9)5-11-6-10/h4,6-8H,3,5H2,1-2H3. The lowest BCUT2D eigenvalue weighted by Gasteiger charge is -2.10. The fraction of sp³-hybridized carbons (Fsp3) is 0.750. The van der Waals surface area contributed by atoms with Crippen LogP contribution < -0.4 is 0 Å². The molecule has 0 aliphatic rings. The van der Waals surface area contributed by atoms with E-state index in [1.54, 1.807) is 0 Å². The highest BCUT2D eigenvalue weighted by Gasteiger charge is 2.09. The zero-order valence-corrected chi connectivity index (χ0v) is 6.95. The topological polar surface area (TPSA) is 43.4 Å². The maximum Gasteiger partial charge on any atom is 0.293 e. The predicted molar refractivity (Wildman–Crippen MR) is 41.0 cm³/mol. The summed E-state index contributed by atoms with van der Waals surface area (Å²) in [4.78, 5) is 20.1. The largest absolute Gasteiger partial charge is 0.467 e. The Bertz CT molecular complexity index is 121. The van der Waals surface area contributed by atoms with Gasteiger partial charge < -0.3 is 9.53 Å². The maximum atomic E-state index is 10.4. The van der Waals surface area contributed by atoms with Gasteiger partial charge in [0.25, 0.3) is 6.47 Å². The van der Waals surface area contributed by atoms with E-state index in [0.717, 1.165) is 12.7 Å². The summed E-state index contributed by atoms with van der Waals surface area (Å²) in [5.74, 6) is 0.320. The zero-order valence-electron chi connectivity index (χ0n) is 6.95. The monoisotopic (exact) mass is 158 g/mol. The minimum atomic E-state index is -0.139.